The third-order valence-corrected chi connectivity index (χ3v) is 12.9. The number of fused-ring (bicyclic) bond motifs is 7. The van der Waals surface area contributed by atoms with Gasteiger partial charge in [0.05, 0.1) is 0 Å². The van der Waals surface area contributed by atoms with Crippen molar-refractivity contribution < 1.29 is 4.42 Å². The monoisotopic (exact) mass is 607 g/mol. The molecule has 218 valence electrons. The van der Waals surface area contributed by atoms with Crippen molar-refractivity contribution in [1.82, 2.24) is 15.0 Å². The van der Waals surface area contributed by atoms with Crippen LogP contribution in [0.25, 0.3) is 78.4 Å². The topological polar surface area (TPSA) is 51.8 Å². The van der Waals surface area contributed by atoms with Crippen LogP contribution in [0, 0.1) is 0 Å². The third-order valence-electron chi connectivity index (χ3n) is 9.37. The number of benzene rings is 6. The summed E-state index contributed by atoms with van der Waals surface area (Å²) < 4.78 is 6.64. The molecule has 46 heavy (non-hydrogen) atoms. The van der Waals surface area contributed by atoms with Gasteiger partial charge in [0.15, 0.2) is 17.5 Å². The molecule has 5 heteroatoms. The van der Waals surface area contributed by atoms with Crippen molar-refractivity contribution in [2.75, 3.05) is 0 Å². The van der Waals surface area contributed by atoms with Crippen molar-refractivity contribution >= 4 is 40.4 Å². The van der Waals surface area contributed by atoms with Gasteiger partial charge in [-0.3, -0.25) is 0 Å². The van der Waals surface area contributed by atoms with Crippen LogP contribution in [0.1, 0.15) is 0 Å². The SMILES string of the molecule is C[Si]1(C)c2cccc(-c3nc(-c4ccccc4)nc(-c4ccc(-c5ccccc5)cc4)n3)c2-c2c1ccc1c2oc2ccccc21. The average molecular weight is 608 g/mol. The molecule has 0 atom stereocenters. The van der Waals surface area contributed by atoms with Crippen LogP contribution in [0.5, 0.6) is 0 Å². The van der Waals surface area contributed by atoms with E-state index in [-0.39, 0.29) is 0 Å². The van der Waals surface area contributed by atoms with Gasteiger partial charge in [-0.25, -0.2) is 15.0 Å². The van der Waals surface area contributed by atoms with Crippen LogP contribution in [0.2, 0.25) is 13.1 Å². The molecule has 0 spiro atoms. The van der Waals surface area contributed by atoms with Crippen molar-refractivity contribution in [3.05, 3.63) is 140 Å². The van der Waals surface area contributed by atoms with Gasteiger partial charge in [0.2, 0.25) is 0 Å². The van der Waals surface area contributed by atoms with Gasteiger partial charge in [-0.1, -0.05) is 147 Å². The highest BCUT2D eigenvalue weighted by atomic mass is 28.3. The van der Waals surface area contributed by atoms with Crippen LogP contribution in [-0.4, -0.2) is 23.0 Å². The van der Waals surface area contributed by atoms with Crippen LogP contribution < -0.4 is 10.4 Å². The highest BCUT2D eigenvalue weighted by molar-refractivity contribution is 7.04. The summed E-state index contributed by atoms with van der Waals surface area (Å²) in [6, 6.07) is 48.6. The van der Waals surface area contributed by atoms with E-state index in [2.05, 4.69) is 122 Å². The van der Waals surface area contributed by atoms with Crippen molar-refractivity contribution in [1.29, 1.82) is 0 Å². The van der Waals surface area contributed by atoms with E-state index < -0.39 is 8.07 Å². The molecule has 4 nitrogen and oxygen atoms in total. The van der Waals surface area contributed by atoms with Crippen molar-refractivity contribution in [3.8, 4) is 56.4 Å². The number of nitrogens with zero attached hydrogens (tertiary/aromatic N) is 3. The zero-order chi connectivity index (χ0) is 30.8. The Hall–Kier alpha value is -5.65. The van der Waals surface area contributed by atoms with E-state index in [1.807, 2.05) is 30.3 Å². The van der Waals surface area contributed by atoms with Gasteiger partial charge in [-0.15, -0.1) is 0 Å². The number of aromatic nitrogens is 3. The predicted molar refractivity (Wildman–Crippen MR) is 191 cm³/mol. The van der Waals surface area contributed by atoms with Gasteiger partial charge < -0.3 is 4.42 Å². The van der Waals surface area contributed by atoms with E-state index in [4.69, 9.17) is 19.4 Å². The van der Waals surface area contributed by atoms with Crippen LogP contribution in [-0.2, 0) is 0 Å². The lowest BCUT2D eigenvalue weighted by Crippen LogP contribution is -2.49. The number of furan rings is 1. The van der Waals surface area contributed by atoms with Crippen LogP contribution in [0.3, 0.4) is 0 Å². The molecule has 6 aromatic carbocycles. The van der Waals surface area contributed by atoms with Crippen LogP contribution in [0.15, 0.2) is 144 Å². The summed E-state index contributed by atoms with van der Waals surface area (Å²) >= 11 is 0. The molecule has 0 unspecified atom stereocenters. The maximum absolute atomic E-state index is 6.64. The maximum atomic E-state index is 6.64. The maximum Gasteiger partial charge on any atom is 0.164 e. The normalized spacial score (nSPS) is 13.2. The number of hydrogen-bond acceptors (Lipinski definition) is 4. The summed E-state index contributed by atoms with van der Waals surface area (Å²) in [5.74, 6) is 1.97. The fourth-order valence-corrected chi connectivity index (χ4v) is 10.1. The minimum absolute atomic E-state index is 0.651. The Morgan fingerprint density at radius 3 is 1.74 bits per heavy atom. The number of hydrogen-bond donors (Lipinski definition) is 0. The Labute approximate surface area is 268 Å². The highest BCUT2D eigenvalue weighted by Gasteiger charge is 2.41. The van der Waals surface area contributed by atoms with Gasteiger partial charge in [0.1, 0.15) is 19.2 Å². The molecule has 1 aliphatic rings. The summed E-state index contributed by atoms with van der Waals surface area (Å²) in [5.41, 5.74) is 9.47. The first-order valence-corrected chi connectivity index (χ1v) is 18.6. The molecule has 0 bridgehead atoms. The molecule has 0 amide bonds. The highest BCUT2D eigenvalue weighted by Crippen LogP contribution is 2.42. The van der Waals surface area contributed by atoms with E-state index >= 15 is 0 Å². The molecule has 3 heterocycles. The van der Waals surface area contributed by atoms with Gasteiger partial charge >= 0.3 is 0 Å². The average Bonchev–Trinajstić information content (AvgIpc) is 3.61. The van der Waals surface area contributed by atoms with E-state index in [9.17, 15) is 0 Å². The molecular weight excluding hydrogens is 579 g/mol. The Bertz CT molecular complexity index is 2430. The van der Waals surface area contributed by atoms with Crippen LogP contribution >= 0.6 is 0 Å². The Morgan fingerprint density at radius 1 is 0.435 bits per heavy atom. The zero-order valence-electron chi connectivity index (χ0n) is 25.5. The second-order valence-electron chi connectivity index (χ2n) is 12.4. The lowest BCUT2D eigenvalue weighted by Gasteiger charge is -2.18. The summed E-state index contributed by atoms with van der Waals surface area (Å²) in [7, 11) is -2.04. The number of para-hydroxylation sites is 1. The van der Waals surface area contributed by atoms with Crippen molar-refractivity contribution in [2.45, 2.75) is 13.1 Å². The Balaban J connectivity index is 1.28. The molecule has 0 saturated carbocycles. The summed E-state index contributed by atoms with van der Waals surface area (Å²) in [5, 5.41) is 5.04. The third kappa shape index (κ3) is 4.09. The second-order valence-corrected chi connectivity index (χ2v) is 16.8. The van der Waals surface area contributed by atoms with Crippen LogP contribution in [0.4, 0.5) is 0 Å². The molecule has 1 aliphatic heterocycles. The lowest BCUT2D eigenvalue weighted by atomic mass is 9.97. The first-order chi connectivity index (χ1) is 22.6. The van der Waals surface area contributed by atoms with E-state index in [1.54, 1.807) is 0 Å². The van der Waals surface area contributed by atoms with Gasteiger partial charge in [0, 0.05) is 33.0 Å². The molecule has 2 aromatic heterocycles. The molecular formula is C41H29N3OSi. The largest absolute Gasteiger partial charge is 0.455 e. The zero-order valence-corrected chi connectivity index (χ0v) is 26.5. The summed E-state index contributed by atoms with van der Waals surface area (Å²) in [6.45, 7) is 4.86. The first kappa shape index (κ1) is 26.7. The quantitative estimate of drug-likeness (QED) is 0.187. The van der Waals surface area contributed by atoms with Crippen molar-refractivity contribution in [3.63, 3.8) is 0 Å². The summed E-state index contributed by atoms with van der Waals surface area (Å²) in [4.78, 5) is 15.3. The Kier molecular flexibility index (Phi) is 5.92. The molecule has 0 aliphatic carbocycles. The van der Waals surface area contributed by atoms with Crippen molar-refractivity contribution in [2.24, 2.45) is 0 Å². The summed E-state index contributed by atoms with van der Waals surface area (Å²) in [6.07, 6.45) is 0. The fraction of sp³-hybridized carbons (Fsp3) is 0.0488. The van der Waals surface area contributed by atoms with E-state index in [0.717, 1.165) is 44.2 Å². The minimum Gasteiger partial charge on any atom is -0.455 e. The smallest absolute Gasteiger partial charge is 0.164 e. The van der Waals surface area contributed by atoms with Gasteiger partial charge in [-0.05, 0) is 33.1 Å². The lowest BCUT2D eigenvalue weighted by molar-refractivity contribution is 0.670. The molecule has 0 fully saturated rings. The Morgan fingerprint density at radius 2 is 1.00 bits per heavy atom. The minimum atomic E-state index is -2.04. The molecule has 8 aromatic rings. The van der Waals surface area contributed by atoms with E-state index in [0.29, 0.717) is 17.5 Å². The molecule has 0 N–H and O–H groups in total. The molecule has 0 radical (unpaired) electrons. The van der Waals surface area contributed by atoms with Gasteiger partial charge in [-0.2, -0.15) is 0 Å². The van der Waals surface area contributed by atoms with E-state index in [1.165, 1.54) is 27.1 Å². The van der Waals surface area contributed by atoms with Gasteiger partial charge in [0.25, 0.3) is 0 Å². The number of rotatable bonds is 4. The molecule has 9 rings (SSSR count). The first-order valence-electron chi connectivity index (χ1n) is 15.6. The molecule has 0 saturated heterocycles. The standard InChI is InChI=1S/C41H29N3OSi/c1-46(2)34-19-11-17-32(36(34)37-35(46)25-24-31-30-16-9-10-18-33(30)45-38(31)37)41-43-39(28-14-7-4-8-15-28)42-40(44-41)29-22-20-27(21-23-29)26-12-5-3-6-13-26/h3-25H,1-2H3. The predicted octanol–water partition coefficient (Wildman–Crippen LogP) is 9.24. The fourth-order valence-electron chi connectivity index (χ4n) is 7.02. The second kappa shape index (κ2) is 10.2.